The second-order valence-electron chi connectivity index (χ2n) is 11.9. The van der Waals surface area contributed by atoms with Gasteiger partial charge in [-0.2, -0.15) is 0 Å². The van der Waals surface area contributed by atoms with Crippen molar-refractivity contribution in [2.45, 2.75) is 38.3 Å². The third kappa shape index (κ3) is 5.04. The standard InChI is InChI=1S/C32H38N4O2S/c1-21(2)36-19-27-17-35(18-28(27)20-36)16-23-6-8-24(9-7-23)26-14-22(3)31-30(15-26)34(4)32(33-31)25-10-12-29(13-11-25)39(5,37)38/h6-15,21,27-28H,16-20H2,1-5H3/t27-,28+. The molecule has 7 heteroatoms. The molecule has 3 aromatic carbocycles. The molecule has 4 aromatic rings. The molecule has 1 aromatic heterocycles. The topological polar surface area (TPSA) is 58.4 Å². The van der Waals surface area contributed by atoms with Crippen molar-refractivity contribution in [2.24, 2.45) is 18.9 Å². The third-order valence-corrected chi connectivity index (χ3v) is 9.86. The number of benzene rings is 3. The Balaban J connectivity index is 1.20. The van der Waals surface area contributed by atoms with E-state index >= 15 is 0 Å². The number of hydrogen-bond acceptors (Lipinski definition) is 5. The Bertz CT molecular complexity index is 1610. The van der Waals surface area contributed by atoms with Gasteiger partial charge < -0.3 is 9.47 Å². The summed E-state index contributed by atoms with van der Waals surface area (Å²) in [7, 11) is -1.21. The maximum absolute atomic E-state index is 11.9. The van der Waals surface area contributed by atoms with Crippen molar-refractivity contribution in [1.29, 1.82) is 0 Å². The Kier molecular flexibility index (Phi) is 6.64. The van der Waals surface area contributed by atoms with Gasteiger partial charge in [-0.1, -0.05) is 24.3 Å². The van der Waals surface area contributed by atoms with Gasteiger partial charge in [0.15, 0.2) is 9.84 Å². The van der Waals surface area contributed by atoms with Gasteiger partial charge in [-0.25, -0.2) is 13.4 Å². The van der Waals surface area contributed by atoms with E-state index in [1.54, 1.807) is 12.1 Å². The van der Waals surface area contributed by atoms with Crippen LogP contribution in [0.1, 0.15) is 25.0 Å². The highest BCUT2D eigenvalue weighted by Gasteiger charge is 2.40. The van der Waals surface area contributed by atoms with E-state index in [1.807, 2.05) is 19.2 Å². The molecule has 0 aliphatic carbocycles. The lowest BCUT2D eigenvalue weighted by molar-refractivity contribution is 0.220. The van der Waals surface area contributed by atoms with Crippen molar-refractivity contribution >= 4 is 20.9 Å². The molecule has 204 valence electrons. The average Bonchev–Trinajstić information content (AvgIpc) is 3.56. The fraction of sp³-hybridized carbons (Fsp3) is 0.406. The molecule has 0 saturated carbocycles. The van der Waals surface area contributed by atoms with Crippen molar-refractivity contribution in [3.63, 3.8) is 0 Å². The van der Waals surface area contributed by atoms with Gasteiger partial charge in [-0.3, -0.25) is 4.90 Å². The van der Waals surface area contributed by atoms with Gasteiger partial charge in [0.2, 0.25) is 0 Å². The lowest BCUT2D eigenvalue weighted by Crippen LogP contribution is -2.32. The van der Waals surface area contributed by atoms with Gasteiger partial charge in [0.25, 0.3) is 0 Å². The Morgan fingerprint density at radius 3 is 2.08 bits per heavy atom. The lowest BCUT2D eigenvalue weighted by atomic mass is 10.0. The number of aromatic nitrogens is 2. The molecule has 0 bridgehead atoms. The SMILES string of the molecule is Cc1cc(-c2ccc(CN3C[C@@H]4CN(C(C)C)C[C@@H]4C3)cc2)cc2c1nc(-c1ccc(S(C)(=O)=O)cc1)n2C. The molecule has 2 aliphatic heterocycles. The van der Waals surface area contributed by atoms with Gasteiger partial charge in [-0.05, 0) is 91.3 Å². The second-order valence-corrected chi connectivity index (χ2v) is 13.9. The highest BCUT2D eigenvalue weighted by atomic mass is 32.2. The van der Waals surface area contributed by atoms with E-state index in [1.165, 1.54) is 49.1 Å². The van der Waals surface area contributed by atoms with Crippen LogP contribution in [0.5, 0.6) is 0 Å². The number of imidazole rings is 1. The summed E-state index contributed by atoms with van der Waals surface area (Å²) >= 11 is 0. The molecule has 2 atom stereocenters. The highest BCUT2D eigenvalue weighted by molar-refractivity contribution is 7.90. The Morgan fingerprint density at radius 1 is 0.872 bits per heavy atom. The van der Waals surface area contributed by atoms with E-state index in [9.17, 15) is 8.42 Å². The van der Waals surface area contributed by atoms with Gasteiger partial charge in [0.1, 0.15) is 5.82 Å². The van der Waals surface area contributed by atoms with E-state index in [-0.39, 0.29) is 0 Å². The molecule has 0 spiro atoms. The Hall–Kier alpha value is -3.00. The van der Waals surface area contributed by atoms with Crippen LogP contribution in [-0.2, 0) is 23.4 Å². The first kappa shape index (κ1) is 26.2. The van der Waals surface area contributed by atoms with Crippen LogP contribution in [-0.4, -0.2) is 66.2 Å². The first-order chi connectivity index (χ1) is 18.6. The first-order valence-corrected chi connectivity index (χ1v) is 15.8. The van der Waals surface area contributed by atoms with E-state index in [0.717, 1.165) is 46.4 Å². The smallest absolute Gasteiger partial charge is 0.175 e. The van der Waals surface area contributed by atoms with Gasteiger partial charge in [0, 0.05) is 57.6 Å². The van der Waals surface area contributed by atoms with Crippen LogP contribution in [0.4, 0.5) is 0 Å². The van der Waals surface area contributed by atoms with Crippen LogP contribution in [0.2, 0.25) is 0 Å². The monoisotopic (exact) mass is 542 g/mol. The highest BCUT2D eigenvalue weighted by Crippen LogP contribution is 2.34. The van der Waals surface area contributed by atoms with Crippen LogP contribution in [0, 0.1) is 18.8 Å². The maximum Gasteiger partial charge on any atom is 0.175 e. The lowest BCUT2D eigenvalue weighted by Gasteiger charge is -2.24. The van der Waals surface area contributed by atoms with Crippen molar-refractivity contribution in [3.05, 3.63) is 71.8 Å². The Morgan fingerprint density at radius 2 is 1.49 bits per heavy atom. The molecule has 6 rings (SSSR count). The van der Waals surface area contributed by atoms with Crippen molar-refractivity contribution in [2.75, 3.05) is 32.4 Å². The average molecular weight is 543 g/mol. The summed E-state index contributed by atoms with van der Waals surface area (Å²) < 4.78 is 25.8. The quantitative estimate of drug-likeness (QED) is 0.327. The number of hydrogen-bond donors (Lipinski definition) is 0. The molecule has 2 saturated heterocycles. The predicted molar refractivity (Wildman–Crippen MR) is 158 cm³/mol. The summed E-state index contributed by atoms with van der Waals surface area (Å²) in [6, 6.07) is 21.1. The zero-order valence-corrected chi connectivity index (χ0v) is 24.4. The van der Waals surface area contributed by atoms with Crippen LogP contribution in [0.3, 0.4) is 0 Å². The molecule has 6 nitrogen and oxygen atoms in total. The number of sulfone groups is 1. The number of likely N-dealkylation sites (tertiary alicyclic amines) is 2. The summed E-state index contributed by atoms with van der Waals surface area (Å²) in [6.45, 7) is 12.7. The minimum Gasteiger partial charge on any atom is -0.327 e. The summed E-state index contributed by atoms with van der Waals surface area (Å²) in [6.07, 6.45) is 1.23. The number of nitrogens with zero attached hydrogens (tertiary/aromatic N) is 4. The summed E-state index contributed by atoms with van der Waals surface area (Å²) in [5, 5.41) is 0. The van der Waals surface area contributed by atoms with Crippen molar-refractivity contribution < 1.29 is 8.42 Å². The van der Waals surface area contributed by atoms with Crippen molar-refractivity contribution in [1.82, 2.24) is 19.4 Å². The summed E-state index contributed by atoms with van der Waals surface area (Å²) in [5.74, 6) is 2.47. The fourth-order valence-corrected chi connectivity index (χ4v) is 7.10. The summed E-state index contributed by atoms with van der Waals surface area (Å²) in [4.78, 5) is 10.5. The predicted octanol–water partition coefficient (Wildman–Crippen LogP) is 5.39. The largest absolute Gasteiger partial charge is 0.327 e. The number of aryl methyl sites for hydroxylation is 2. The van der Waals surface area contributed by atoms with Gasteiger partial charge in [0.05, 0.1) is 15.9 Å². The van der Waals surface area contributed by atoms with E-state index in [4.69, 9.17) is 4.98 Å². The van der Waals surface area contributed by atoms with E-state index < -0.39 is 9.84 Å². The van der Waals surface area contributed by atoms with Crippen LogP contribution in [0.15, 0.2) is 65.6 Å². The molecular formula is C32H38N4O2S. The van der Waals surface area contributed by atoms with Crippen molar-refractivity contribution in [3.8, 4) is 22.5 Å². The second kappa shape index (κ2) is 9.88. The molecule has 2 fully saturated rings. The Labute approximate surface area is 232 Å². The third-order valence-electron chi connectivity index (χ3n) is 8.73. The normalized spacial score (nSPS) is 20.4. The molecule has 0 radical (unpaired) electrons. The molecular weight excluding hydrogens is 504 g/mol. The molecule has 2 aliphatic rings. The van der Waals surface area contributed by atoms with Crippen LogP contribution in [0.25, 0.3) is 33.5 Å². The van der Waals surface area contributed by atoms with Crippen LogP contribution < -0.4 is 0 Å². The number of rotatable bonds is 6. The van der Waals surface area contributed by atoms with Crippen LogP contribution >= 0.6 is 0 Å². The van der Waals surface area contributed by atoms with E-state index in [0.29, 0.717) is 10.9 Å². The van der Waals surface area contributed by atoms with Gasteiger partial charge >= 0.3 is 0 Å². The zero-order valence-electron chi connectivity index (χ0n) is 23.6. The molecule has 39 heavy (non-hydrogen) atoms. The first-order valence-electron chi connectivity index (χ1n) is 13.9. The molecule has 3 heterocycles. The molecule has 0 unspecified atom stereocenters. The summed E-state index contributed by atoms with van der Waals surface area (Å²) in [5.41, 5.74) is 7.81. The molecule has 0 N–H and O–H groups in total. The number of fused-ring (bicyclic) bond motifs is 2. The fourth-order valence-electron chi connectivity index (χ4n) is 6.47. The minimum atomic E-state index is -3.23. The maximum atomic E-state index is 11.9. The minimum absolute atomic E-state index is 0.317. The van der Waals surface area contributed by atoms with E-state index in [2.05, 4.69) is 71.5 Å². The zero-order chi connectivity index (χ0) is 27.5. The molecule has 0 amide bonds. The van der Waals surface area contributed by atoms with Gasteiger partial charge in [-0.15, -0.1) is 0 Å².